The van der Waals surface area contributed by atoms with Crippen LogP contribution in [0.2, 0.25) is 0 Å². The van der Waals surface area contributed by atoms with E-state index in [9.17, 15) is 26.4 Å². The van der Waals surface area contributed by atoms with E-state index in [1.54, 1.807) is 62.7 Å². The Morgan fingerprint density at radius 1 is 0.884 bits per heavy atom. The molecule has 11 heteroatoms. The Balaban J connectivity index is 1.62. The molecule has 1 amide bonds. The Kier molecular flexibility index (Phi) is 8.63. The van der Waals surface area contributed by atoms with E-state index in [1.807, 2.05) is 12.1 Å². The Bertz CT molecular complexity index is 1760. The van der Waals surface area contributed by atoms with Gasteiger partial charge in [-0.1, -0.05) is 49.6 Å². The lowest BCUT2D eigenvalue weighted by atomic mass is 9.84. The van der Waals surface area contributed by atoms with Gasteiger partial charge in [0.1, 0.15) is 15.5 Å². The molecule has 1 aliphatic heterocycles. The number of benzene rings is 2. The number of fused-ring (bicyclic) bond motifs is 1. The predicted molar refractivity (Wildman–Crippen MR) is 168 cm³/mol. The van der Waals surface area contributed by atoms with E-state index < -0.39 is 25.4 Å². The molecule has 0 spiro atoms. The third kappa shape index (κ3) is 6.73. The SMILES string of the molecule is Cn1c(C(=O)NC2CCS(=O)(=O)CC2)cc(-c2ccc(S(=O)(=O)NC(C)(C)C)c3ccccc23)c1C(=O)C1CCCCC1. The number of nitrogens with one attached hydrogen (secondary N) is 2. The number of rotatable bonds is 7. The first-order valence-corrected chi connectivity index (χ1v) is 18.3. The summed E-state index contributed by atoms with van der Waals surface area (Å²) in [5.41, 5.74) is 1.30. The Morgan fingerprint density at radius 3 is 2.14 bits per heavy atom. The third-order valence-electron chi connectivity index (χ3n) is 8.47. The van der Waals surface area contributed by atoms with E-state index in [-0.39, 0.29) is 40.1 Å². The Morgan fingerprint density at radius 2 is 1.51 bits per heavy atom. The Labute approximate surface area is 254 Å². The smallest absolute Gasteiger partial charge is 0.268 e. The first-order chi connectivity index (χ1) is 20.2. The molecule has 0 atom stereocenters. The van der Waals surface area contributed by atoms with Gasteiger partial charge >= 0.3 is 0 Å². The summed E-state index contributed by atoms with van der Waals surface area (Å²) in [5, 5.41) is 4.17. The van der Waals surface area contributed by atoms with Crippen LogP contribution in [-0.4, -0.2) is 56.2 Å². The van der Waals surface area contributed by atoms with Gasteiger partial charge < -0.3 is 9.88 Å². The molecular formula is C32H41N3O6S2. The summed E-state index contributed by atoms with van der Waals surface area (Å²) in [6.07, 6.45) is 5.33. The number of amides is 1. The second-order valence-corrected chi connectivity index (χ2v) is 16.9. The lowest BCUT2D eigenvalue weighted by Gasteiger charge is -2.23. The van der Waals surface area contributed by atoms with Crippen molar-refractivity contribution < 1.29 is 26.4 Å². The van der Waals surface area contributed by atoms with Gasteiger partial charge in [-0.25, -0.2) is 21.6 Å². The maximum absolute atomic E-state index is 14.1. The number of nitrogens with zero attached hydrogens (tertiary/aromatic N) is 1. The van der Waals surface area contributed by atoms with Crippen LogP contribution >= 0.6 is 0 Å². The molecule has 1 aliphatic carbocycles. The van der Waals surface area contributed by atoms with Gasteiger partial charge in [-0.05, 0) is 69.5 Å². The minimum absolute atomic E-state index is 0.0183. The van der Waals surface area contributed by atoms with Crippen LogP contribution in [0.25, 0.3) is 21.9 Å². The highest BCUT2D eigenvalue weighted by Crippen LogP contribution is 2.38. The van der Waals surface area contributed by atoms with Gasteiger partial charge in [0.05, 0.1) is 22.1 Å². The summed E-state index contributed by atoms with van der Waals surface area (Å²) in [5.74, 6) is -0.466. The monoisotopic (exact) mass is 627 g/mol. The molecule has 1 saturated heterocycles. The number of aromatic nitrogens is 1. The molecule has 1 saturated carbocycles. The number of Topliss-reactive ketones (excluding diaryl/α,β-unsaturated/α-hetero) is 1. The van der Waals surface area contributed by atoms with Gasteiger partial charge in [0, 0.05) is 35.5 Å². The fourth-order valence-corrected chi connectivity index (χ4v) is 9.50. The average molecular weight is 628 g/mol. The van der Waals surface area contributed by atoms with Crippen molar-refractivity contribution in [3.8, 4) is 11.1 Å². The maximum Gasteiger partial charge on any atom is 0.268 e. The van der Waals surface area contributed by atoms with Crippen LogP contribution in [0.4, 0.5) is 0 Å². The van der Waals surface area contributed by atoms with E-state index in [0.717, 1.165) is 32.1 Å². The second kappa shape index (κ2) is 11.8. The molecule has 2 heterocycles. The molecule has 2 aliphatic rings. The van der Waals surface area contributed by atoms with Crippen molar-refractivity contribution in [2.75, 3.05) is 11.5 Å². The molecule has 0 bridgehead atoms. The van der Waals surface area contributed by atoms with Gasteiger partial charge in [-0.15, -0.1) is 0 Å². The molecule has 9 nitrogen and oxygen atoms in total. The first kappa shape index (κ1) is 31.4. The third-order valence-corrected chi connectivity index (χ3v) is 12.0. The average Bonchev–Trinajstić information content (AvgIpc) is 3.29. The highest BCUT2D eigenvalue weighted by Gasteiger charge is 2.32. The molecule has 232 valence electrons. The van der Waals surface area contributed by atoms with Crippen molar-refractivity contribution >= 4 is 42.3 Å². The number of sulfonamides is 1. The minimum Gasteiger partial charge on any atom is -0.348 e. The van der Waals surface area contributed by atoms with Gasteiger partial charge in [0.15, 0.2) is 5.78 Å². The van der Waals surface area contributed by atoms with E-state index in [2.05, 4.69) is 10.0 Å². The molecule has 2 fully saturated rings. The highest BCUT2D eigenvalue weighted by molar-refractivity contribution is 7.91. The quantitative estimate of drug-likeness (QED) is 0.355. The van der Waals surface area contributed by atoms with E-state index in [4.69, 9.17) is 0 Å². The molecule has 0 unspecified atom stereocenters. The van der Waals surface area contributed by atoms with Crippen molar-refractivity contribution in [3.05, 3.63) is 53.9 Å². The summed E-state index contributed by atoms with van der Waals surface area (Å²) >= 11 is 0. The van der Waals surface area contributed by atoms with Gasteiger partial charge in [0.25, 0.3) is 5.91 Å². The number of hydrogen-bond donors (Lipinski definition) is 2. The second-order valence-electron chi connectivity index (χ2n) is 13.0. The maximum atomic E-state index is 14.1. The summed E-state index contributed by atoms with van der Waals surface area (Å²) in [4.78, 5) is 27.8. The number of ketones is 1. The van der Waals surface area contributed by atoms with Crippen LogP contribution in [0.1, 0.15) is 86.7 Å². The van der Waals surface area contributed by atoms with Crippen molar-refractivity contribution in [2.24, 2.45) is 13.0 Å². The minimum atomic E-state index is -3.86. The Hall–Kier alpha value is -3.02. The van der Waals surface area contributed by atoms with E-state index in [0.29, 0.717) is 46.1 Å². The van der Waals surface area contributed by atoms with Gasteiger partial charge in [-0.3, -0.25) is 9.59 Å². The van der Waals surface area contributed by atoms with Crippen molar-refractivity contribution in [2.45, 2.75) is 82.2 Å². The fraction of sp³-hybridized carbons (Fsp3) is 0.500. The summed E-state index contributed by atoms with van der Waals surface area (Å²) < 4.78 is 55.0. The standard InChI is InChI=1S/C32H41N3O6S2/c1-32(2,3)34-43(40,41)28-15-14-24(23-12-8-9-13-25(23)28)26-20-27(31(37)33-22-16-18-42(38,39)19-17-22)35(4)29(26)30(36)21-10-6-5-7-11-21/h8-9,12-15,20-22,34H,5-7,10-11,16-19H2,1-4H3,(H,33,37). The summed E-state index contributed by atoms with van der Waals surface area (Å²) in [6.45, 7) is 5.35. The van der Waals surface area contributed by atoms with Crippen LogP contribution < -0.4 is 10.0 Å². The fourth-order valence-electron chi connectivity index (χ4n) is 6.37. The number of sulfone groups is 1. The topological polar surface area (TPSA) is 131 Å². The molecular weight excluding hydrogens is 587 g/mol. The summed E-state index contributed by atoms with van der Waals surface area (Å²) in [6, 6.07) is 11.9. The number of carbonyl (C=O) groups excluding carboxylic acids is 2. The largest absolute Gasteiger partial charge is 0.348 e. The van der Waals surface area contributed by atoms with E-state index in [1.165, 1.54) is 0 Å². The predicted octanol–water partition coefficient (Wildman–Crippen LogP) is 4.99. The molecule has 43 heavy (non-hydrogen) atoms. The van der Waals surface area contributed by atoms with E-state index >= 15 is 0 Å². The van der Waals surface area contributed by atoms with Crippen molar-refractivity contribution in [1.82, 2.24) is 14.6 Å². The van der Waals surface area contributed by atoms with Gasteiger partial charge in [0.2, 0.25) is 10.0 Å². The molecule has 0 radical (unpaired) electrons. The lowest BCUT2D eigenvalue weighted by molar-refractivity contribution is 0.0881. The first-order valence-electron chi connectivity index (χ1n) is 15.0. The number of hydrogen-bond acceptors (Lipinski definition) is 6. The molecule has 3 aromatic rings. The highest BCUT2D eigenvalue weighted by atomic mass is 32.2. The normalized spacial score (nSPS) is 18.5. The molecule has 1 aromatic heterocycles. The molecule has 5 rings (SSSR count). The molecule has 2 N–H and O–H groups in total. The van der Waals surface area contributed by atoms with Crippen LogP contribution in [-0.2, 0) is 26.9 Å². The zero-order valence-electron chi connectivity index (χ0n) is 25.3. The zero-order valence-corrected chi connectivity index (χ0v) is 26.9. The zero-order chi connectivity index (χ0) is 31.2. The summed E-state index contributed by atoms with van der Waals surface area (Å²) in [7, 11) is -5.22. The van der Waals surface area contributed by atoms with Crippen LogP contribution in [0.15, 0.2) is 47.4 Å². The van der Waals surface area contributed by atoms with Crippen LogP contribution in [0.5, 0.6) is 0 Å². The van der Waals surface area contributed by atoms with Crippen molar-refractivity contribution in [1.29, 1.82) is 0 Å². The number of carbonyl (C=O) groups is 2. The van der Waals surface area contributed by atoms with Crippen molar-refractivity contribution in [3.63, 3.8) is 0 Å². The lowest BCUT2D eigenvalue weighted by Crippen LogP contribution is -2.41. The van der Waals surface area contributed by atoms with Gasteiger partial charge in [-0.2, -0.15) is 0 Å². The molecule has 2 aromatic carbocycles. The van der Waals surface area contributed by atoms with Crippen LogP contribution in [0, 0.1) is 5.92 Å². The van der Waals surface area contributed by atoms with Crippen LogP contribution in [0.3, 0.4) is 0 Å².